The monoisotopic (exact) mass is 337 g/mol. The van der Waals surface area contributed by atoms with Crippen LogP contribution in [0.4, 0.5) is 0 Å². The maximum Gasteiger partial charge on any atom is 0.118 e. The lowest BCUT2D eigenvalue weighted by Gasteiger charge is -2.46. The second kappa shape index (κ2) is 8.16. The van der Waals surface area contributed by atoms with Gasteiger partial charge < -0.3 is 10.0 Å². The van der Waals surface area contributed by atoms with Gasteiger partial charge in [0.1, 0.15) is 5.60 Å². The molecule has 0 amide bonds. The number of rotatable bonds is 6. The van der Waals surface area contributed by atoms with Gasteiger partial charge in [0.05, 0.1) is 0 Å². The maximum atomic E-state index is 12.0. The van der Waals surface area contributed by atoms with Crippen LogP contribution in [0.2, 0.25) is 0 Å². The minimum atomic E-state index is -0.918. The molecular weight excluding hydrogens is 306 g/mol. The summed E-state index contributed by atoms with van der Waals surface area (Å²) in [6, 6.07) is 20.5. The zero-order valence-electron chi connectivity index (χ0n) is 15.6. The molecule has 1 aliphatic heterocycles. The molecular formula is C23H31NO. The normalized spacial score (nSPS) is 22.0. The summed E-state index contributed by atoms with van der Waals surface area (Å²) in [5, 5.41) is 12.0. The molecule has 0 spiro atoms. The molecule has 1 fully saturated rings. The molecule has 0 aromatic heterocycles. The van der Waals surface area contributed by atoms with Gasteiger partial charge in [0.2, 0.25) is 0 Å². The molecule has 2 aromatic carbocycles. The summed E-state index contributed by atoms with van der Waals surface area (Å²) >= 11 is 0. The smallest absolute Gasteiger partial charge is 0.118 e. The van der Waals surface area contributed by atoms with Gasteiger partial charge in [0.25, 0.3) is 0 Å². The Bertz CT molecular complexity index is 600. The van der Waals surface area contributed by atoms with Crippen molar-refractivity contribution in [3.63, 3.8) is 0 Å². The summed E-state index contributed by atoms with van der Waals surface area (Å²) in [5.41, 5.74) is 1.11. The Balaban J connectivity index is 1.91. The fraction of sp³-hybridized carbons (Fsp3) is 0.478. The van der Waals surface area contributed by atoms with Gasteiger partial charge in [0, 0.05) is 12.5 Å². The van der Waals surface area contributed by atoms with E-state index in [1.54, 1.807) is 0 Å². The van der Waals surface area contributed by atoms with E-state index in [9.17, 15) is 5.11 Å². The number of unbranched alkanes of at least 4 members (excludes halogenated alkanes) is 1. The first-order chi connectivity index (χ1) is 12.2. The van der Waals surface area contributed by atoms with Crippen molar-refractivity contribution < 1.29 is 5.11 Å². The molecule has 0 saturated carbocycles. The molecule has 1 heterocycles. The van der Waals surface area contributed by atoms with Crippen LogP contribution < -0.4 is 0 Å². The number of aliphatic hydroxyl groups is 1. The summed E-state index contributed by atoms with van der Waals surface area (Å²) in [5.74, 6) is 0.686. The predicted octanol–water partition coefficient (Wildman–Crippen LogP) is 4.68. The first-order valence-corrected chi connectivity index (χ1v) is 9.72. The number of hydrogen-bond acceptors (Lipinski definition) is 2. The lowest BCUT2D eigenvalue weighted by Crippen LogP contribution is -2.49. The third-order valence-electron chi connectivity index (χ3n) is 5.78. The van der Waals surface area contributed by atoms with Gasteiger partial charge in [-0.15, -0.1) is 0 Å². The summed E-state index contributed by atoms with van der Waals surface area (Å²) in [6.07, 6.45) is 3.54. The van der Waals surface area contributed by atoms with Crippen LogP contribution in [0.3, 0.4) is 0 Å². The molecule has 2 nitrogen and oxygen atoms in total. The SMILES string of the molecule is CCCCN1CCC(C(O)(c2ccccc2)c2ccccc2)C(C)C1. The van der Waals surface area contributed by atoms with E-state index in [4.69, 9.17) is 0 Å². The molecule has 1 saturated heterocycles. The van der Waals surface area contributed by atoms with Gasteiger partial charge in [-0.2, -0.15) is 0 Å². The highest BCUT2D eigenvalue weighted by molar-refractivity contribution is 5.37. The molecule has 25 heavy (non-hydrogen) atoms. The van der Waals surface area contributed by atoms with Gasteiger partial charge >= 0.3 is 0 Å². The standard InChI is InChI=1S/C23H31NO/c1-3-4-16-24-17-15-22(19(2)18-24)23(25,20-11-7-5-8-12-20)21-13-9-6-10-14-21/h5-14,19,22,25H,3-4,15-18H2,1-2H3. The summed E-state index contributed by atoms with van der Waals surface area (Å²) in [7, 11) is 0. The topological polar surface area (TPSA) is 23.5 Å². The Hall–Kier alpha value is -1.64. The first kappa shape index (κ1) is 18.2. The fourth-order valence-electron chi connectivity index (χ4n) is 4.42. The van der Waals surface area contributed by atoms with Crippen LogP contribution in [0, 0.1) is 11.8 Å². The Morgan fingerprint density at radius 3 is 2.04 bits per heavy atom. The Labute approximate surface area is 152 Å². The van der Waals surface area contributed by atoms with E-state index in [0.717, 1.165) is 30.6 Å². The number of hydrogen-bond donors (Lipinski definition) is 1. The fourth-order valence-corrected chi connectivity index (χ4v) is 4.42. The second-order valence-electron chi connectivity index (χ2n) is 7.53. The first-order valence-electron chi connectivity index (χ1n) is 9.72. The van der Waals surface area contributed by atoms with Crippen molar-refractivity contribution in [3.05, 3.63) is 71.8 Å². The van der Waals surface area contributed by atoms with Gasteiger partial charge in [0.15, 0.2) is 0 Å². The predicted molar refractivity (Wildman–Crippen MR) is 105 cm³/mol. The Morgan fingerprint density at radius 1 is 1.00 bits per heavy atom. The van der Waals surface area contributed by atoms with Crippen LogP contribution in [0.5, 0.6) is 0 Å². The molecule has 0 bridgehead atoms. The van der Waals surface area contributed by atoms with Gasteiger partial charge in [-0.3, -0.25) is 0 Å². The minimum Gasteiger partial charge on any atom is -0.380 e. The van der Waals surface area contributed by atoms with Gasteiger partial charge in [-0.25, -0.2) is 0 Å². The van der Waals surface area contributed by atoms with E-state index in [1.807, 2.05) is 36.4 Å². The van der Waals surface area contributed by atoms with Gasteiger partial charge in [-0.05, 0) is 43.0 Å². The van der Waals surface area contributed by atoms with Crippen LogP contribution >= 0.6 is 0 Å². The van der Waals surface area contributed by atoms with Crippen molar-refractivity contribution in [1.29, 1.82) is 0 Å². The van der Waals surface area contributed by atoms with Crippen molar-refractivity contribution in [2.75, 3.05) is 19.6 Å². The molecule has 2 aromatic rings. The van der Waals surface area contributed by atoms with Crippen LogP contribution in [-0.2, 0) is 5.60 Å². The second-order valence-corrected chi connectivity index (χ2v) is 7.53. The quantitative estimate of drug-likeness (QED) is 0.827. The molecule has 2 unspecified atom stereocenters. The summed E-state index contributed by atoms with van der Waals surface area (Å²) in [6.45, 7) is 7.89. The molecule has 0 radical (unpaired) electrons. The van der Waals surface area contributed by atoms with E-state index in [0.29, 0.717) is 5.92 Å². The summed E-state index contributed by atoms with van der Waals surface area (Å²) in [4.78, 5) is 2.57. The third kappa shape index (κ3) is 3.80. The summed E-state index contributed by atoms with van der Waals surface area (Å²) < 4.78 is 0. The third-order valence-corrected chi connectivity index (χ3v) is 5.78. The van der Waals surface area contributed by atoms with Gasteiger partial charge in [-0.1, -0.05) is 80.9 Å². The average molecular weight is 338 g/mol. The highest BCUT2D eigenvalue weighted by atomic mass is 16.3. The number of likely N-dealkylation sites (tertiary alicyclic amines) is 1. The highest BCUT2D eigenvalue weighted by Crippen LogP contribution is 2.44. The zero-order valence-corrected chi connectivity index (χ0v) is 15.6. The van der Waals surface area contributed by atoms with E-state index >= 15 is 0 Å². The number of benzene rings is 2. The van der Waals surface area contributed by atoms with Crippen molar-refractivity contribution in [2.45, 2.75) is 38.7 Å². The lowest BCUT2D eigenvalue weighted by molar-refractivity contribution is -0.0415. The van der Waals surface area contributed by atoms with Crippen LogP contribution in [0.15, 0.2) is 60.7 Å². The highest BCUT2D eigenvalue weighted by Gasteiger charge is 2.44. The largest absolute Gasteiger partial charge is 0.380 e. The van der Waals surface area contributed by atoms with E-state index in [2.05, 4.69) is 43.0 Å². The molecule has 0 aliphatic carbocycles. The van der Waals surface area contributed by atoms with E-state index < -0.39 is 5.60 Å². The molecule has 3 rings (SSSR count). The van der Waals surface area contributed by atoms with Crippen LogP contribution in [0.1, 0.15) is 44.2 Å². The molecule has 134 valence electrons. The minimum absolute atomic E-state index is 0.232. The number of nitrogens with zero attached hydrogens (tertiary/aromatic N) is 1. The van der Waals surface area contributed by atoms with Crippen molar-refractivity contribution in [2.24, 2.45) is 11.8 Å². The molecule has 1 N–H and O–H groups in total. The maximum absolute atomic E-state index is 12.0. The van der Waals surface area contributed by atoms with Crippen molar-refractivity contribution in [3.8, 4) is 0 Å². The van der Waals surface area contributed by atoms with Crippen molar-refractivity contribution in [1.82, 2.24) is 4.90 Å². The molecule has 1 aliphatic rings. The zero-order chi connectivity index (χ0) is 17.7. The molecule has 2 heteroatoms. The Morgan fingerprint density at radius 2 is 1.56 bits per heavy atom. The van der Waals surface area contributed by atoms with E-state index in [-0.39, 0.29) is 5.92 Å². The van der Waals surface area contributed by atoms with Crippen molar-refractivity contribution >= 4 is 0 Å². The van der Waals surface area contributed by atoms with Crippen LogP contribution in [0.25, 0.3) is 0 Å². The lowest BCUT2D eigenvalue weighted by atomic mass is 9.68. The van der Waals surface area contributed by atoms with E-state index in [1.165, 1.54) is 19.4 Å². The average Bonchev–Trinajstić information content (AvgIpc) is 2.67. The Kier molecular flexibility index (Phi) is 5.93. The van der Waals surface area contributed by atoms with Crippen LogP contribution in [-0.4, -0.2) is 29.6 Å². The molecule has 2 atom stereocenters. The number of piperidine rings is 1.